The molecule has 0 spiro atoms. The minimum absolute atomic E-state index is 0.177. The smallest absolute Gasteiger partial charge is 0.255 e. The highest BCUT2D eigenvalue weighted by Gasteiger charge is 2.09. The van der Waals surface area contributed by atoms with Gasteiger partial charge in [0, 0.05) is 18.2 Å². The van der Waals surface area contributed by atoms with Crippen molar-refractivity contribution in [3.63, 3.8) is 0 Å². The topological polar surface area (TPSA) is 94.9 Å². The number of nitriles is 1. The van der Waals surface area contributed by atoms with Crippen molar-refractivity contribution in [3.8, 4) is 6.07 Å². The average Bonchev–Trinajstić information content (AvgIpc) is 2.95. The molecule has 0 aliphatic heterocycles. The van der Waals surface area contributed by atoms with Crippen LogP contribution in [-0.4, -0.2) is 16.8 Å². The molecule has 0 saturated carbocycles. The summed E-state index contributed by atoms with van der Waals surface area (Å²) in [5.41, 5.74) is 2.27. The molecule has 0 radical (unpaired) electrons. The van der Waals surface area contributed by atoms with Crippen LogP contribution in [-0.2, 0) is 4.79 Å². The van der Waals surface area contributed by atoms with Crippen LogP contribution < -0.4 is 10.6 Å². The molecule has 6 nitrogen and oxygen atoms in total. The number of carbonyl (C=O) groups excluding carboxylic acids is 2. The Labute approximate surface area is 141 Å². The van der Waals surface area contributed by atoms with Crippen molar-refractivity contribution in [2.75, 3.05) is 10.6 Å². The highest BCUT2D eigenvalue weighted by Crippen LogP contribution is 2.28. The maximum Gasteiger partial charge on any atom is 0.255 e. The summed E-state index contributed by atoms with van der Waals surface area (Å²) in [6.07, 6.45) is 0. The van der Waals surface area contributed by atoms with Gasteiger partial charge in [0.1, 0.15) is 0 Å². The highest BCUT2D eigenvalue weighted by molar-refractivity contribution is 7.22. The number of hydrogen-bond donors (Lipinski definition) is 2. The van der Waals surface area contributed by atoms with E-state index in [2.05, 4.69) is 15.6 Å². The predicted molar refractivity (Wildman–Crippen MR) is 93.0 cm³/mol. The van der Waals surface area contributed by atoms with E-state index < -0.39 is 0 Å². The van der Waals surface area contributed by atoms with E-state index in [1.807, 2.05) is 12.1 Å². The maximum atomic E-state index is 12.2. The zero-order valence-electron chi connectivity index (χ0n) is 12.7. The van der Waals surface area contributed by atoms with Crippen molar-refractivity contribution in [1.82, 2.24) is 4.98 Å². The van der Waals surface area contributed by atoms with E-state index in [9.17, 15) is 9.59 Å². The minimum atomic E-state index is -0.267. The van der Waals surface area contributed by atoms with Crippen molar-refractivity contribution in [1.29, 1.82) is 5.26 Å². The van der Waals surface area contributed by atoms with Gasteiger partial charge in [-0.3, -0.25) is 9.59 Å². The van der Waals surface area contributed by atoms with Crippen molar-refractivity contribution in [2.45, 2.75) is 6.92 Å². The number of anilines is 2. The number of carbonyl (C=O) groups is 2. The summed E-state index contributed by atoms with van der Waals surface area (Å²) in [6, 6.07) is 13.8. The monoisotopic (exact) mass is 336 g/mol. The van der Waals surface area contributed by atoms with E-state index in [1.165, 1.54) is 18.3 Å². The maximum absolute atomic E-state index is 12.2. The van der Waals surface area contributed by atoms with Gasteiger partial charge in [0.15, 0.2) is 5.13 Å². The number of fused-ring (bicyclic) bond motifs is 1. The zero-order chi connectivity index (χ0) is 17.1. The van der Waals surface area contributed by atoms with Gasteiger partial charge >= 0.3 is 0 Å². The average molecular weight is 336 g/mol. The summed E-state index contributed by atoms with van der Waals surface area (Å²) < 4.78 is 0.912. The van der Waals surface area contributed by atoms with Crippen molar-refractivity contribution in [3.05, 3.63) is 53.6 Å². The van der Waals surface area contributed by atoms with Gasteiger partial charge in [-0.15, -0.1) is 0 Å². The zero-order valence-corrected chi connectivity index (χ0v) is 13.5. The number of aromatic nitrogens is 1. The van der Waals surface area contributed by atoms with Gasteiger partial charge in [-0.2, -0.15) is 5.26 Å². The Balaban J connectivity index is 1.80. The molecule has 3 rings (SSSR count). The summed E-state index contributed by atoms with van der Waals surface area (Å²) in [5.74, 6) is -0.445. The lowest BCUT2D eigenvalue weighted by Gasteiger charge is -2.05. The number of amides is 2. The first kappa shape index (κ1) is 15.6. The Kier molecular flexibility index (Phi) is 4.22. The summed E-state index contributed by atoms with van der Waals surface area (Å²) in [7, 11) is 0. The SMILES string of the molecule is CC(=O)Nc1nc2cc(NC(=O)c3ccc(C#N)cc3)ccc2s1. The third-order valence-corrected chi connectivity index (χ3v) is 4.16. The van der Waals surface area contributed by atoms with Gasteiger partial charge in [-0.05, 0) is 42.5 Å². The van der Waals surface area contributed by atoms with Gasteiger partial charge in [0.05, 0.1) is 21.8 Å². The largest absolute Gasteiger partial charge is 0.322 e. The van der Waals surface area contributed by atoms with E-state index >= 15 is 0 Å². The summed E-state index contributed by atoms with van der Waals surface area (Å²) in [5, 5.41) is 14.7. The van der Waals surface area contributed by atoms with E-state index in [0.29, 0.717) is 27.5 Å². The van der Waals surface area contributed by atoms with Gasteiger partial charge in [0.2, 0.25) is 5.91 Å². The molecule has 0 atom stereocenters. The third-order valence-electron chi connectivity index (χ3n) is 3.20. The van der Waals surface area contributed by atoms with E-state index in [1.54, 1.807) is 36.4 Å². The van der Waals surface area contributed by atoms with E-state index in [0.717, 1.165) is 4.70 Å². The number of nitrogens with zero attached hydrogens (tertiary/aromatic N) is 2. The molecular weight excluding hydrogens is 324 g/mol. The van der Waals surface area contributed by atoms with Crippen LogP contribution >= 0.6 is 11.3 Å². The lowest BCUT2D eigenvalue weighted by atomic mass is 10.1. The standard InChI is InChI=1S/C17H12N4O2S/c1-10(22)19-17-21-14-8-13(6-7-15(14)24-17)20-16(23)12-4-2-11(9-18)3-5-12/h2-8H,1H3,(H,20,23)(H,19,21,22). The van der Waals surface area contributed by atoms with E-state index in [-0.39, 0.29) is 11.8 Å². The molecule has 118 valence electrons. The molecule has 1 aromatic heterocycles. The number of thiazole rings is 1. The molecule has 3 aromatic rings. The Bertz CT molecular complexity index is 970. The van der Waals surface area contributed by atoms with Crippen LogP contribution in [0.5, 0.6) is 0 Å². The first-order chi connectivity index (χ1) is 11.5. The Morgan fingerprint density at radius 2 is 1.88 bits per heavy atom. The fourth-order valence-electron chi connectivity index (χ4n) is 2.11. The normalized spacial score (nSPS) is 10.2. The quantitative estimate of drug-likeness (QED) is 0.766. The van der Waals surface area contributed by atoms with Crippen LogP contribution in [0.2, 0.25) is 0 Å². The first-order valence-corrected chi connectivity index (χ1v) is 7.86. The van der Waals surface area contributed by atoms with E-state index in [4.69, 9.17) is 5.26 Å². The van der Waals surface area contributed by atoms with Crippen LogP contribution in [0.3, 0.4) is 0 Å². The summed E-state index contributed by atoms with van der Waals surface area (Å²) in [6.45, 7) is 1.43. The second kappa shape index (κ2) is 6.48. The molecule has 0 aliphatic carbocycles. The van der Waals surface area contributed by atoms with Gasteiger partial charge in [0.25, 0.3) is 5.91 Å². The molecule has 0 fully saturated rings. The van der Waals surface area contributed by atoms with Gasteiger partial charge in [-0.1, -0.05) is 11.3 Å². The summed E-state index contributed by atoms with van der Waals surface area (Å²) >= 11 is 1.37. The highest BCUT2D eigenvalue weighted by atomic mass is 32.1. The number of nitrogens with one attached hydrogen (secondary N) is 2. The lowest BCUT2D eigenvalue weighted by Crippen LogP contribution is -2.11. The van der Waals surface area contributed by atoms with Crippen molar-refractivity contribution >= 4 is 44.2 Å². The van der Waals surface area contributed by atoms with Crippen molar-refractivity contribution in [2.24, 2.45) is 0 Å². The molecule has 1 heterocycles. The third kappa shape index (κ3) is 3.39. The number of benzene rings is 2. The number of rotatable bonds is 3. The Morgan fingerprint density at radius 3 is 2.54 bits per heavy atom. The Hall–Kier alpha value is -3.24. The fraction of sp³-hybridized carbons (Fsp3) is 0.0588. The molecule has 7 heteroatoms. The molecule has 0 saturated heterocycles. The molecule has 0 unspecified atom stereocenters. The van der Waals surface area contributed by atoms with Crippen LogP contribution in [0, 0.1) is 11.3 Å². The minimum Gasteiger partial charge on any atom is -0.322 e. The number of hydrogen-bond acceptors (Lipinski definition) is 5. The second-order valence-electron chi connectivity index (χ2n) is 5.03. The molecule has 2 aromatic carbocycles. The lowest BCUT2D eigenvalue weighted by molar-refractivity contribution is -0.114. The molecule has 24 heavy (non-hydrogen) atoms. The van der Waals surface area contributed by atoms with Gasteiger partial charge < -0.3 is 10.6 Å². The predicted octanol–water partition coefficient (Wildman–Crippen LogP) is 3.38. The second-order valence-corrected chi connectivity index (χ2v) is 6.06. The molecular formula is C17H12N4O2S. The van der Waals surface area contributed by atoms with Crippen LogP contribution in [0.15, 0.2) is 42.5 Å². The Morgan fingerprint density at radius 1 is 1.12 bits per heavy atom. The molecule has 2 amide bonds. The molecule has 0 aliphatic rings. The fourth-order valence-corrected chi connectivity index (χ4v) is 3.00. The van der Waals surface area contributed by atoms with Crippen molar-refractivity contribution < 1.29 is 9.59 Å². The van der Waals surface area contributed by atoms with Crippen LogP contribution in [0.4, 0.5) is 10.8 Å². The molecule has 0 bridgehead atoms. The first-order valence-electron chi connectivity index (χ1n) is 7.05. The van der Waals surface area contributed by atoms with Crippen LogP contribution in [0.1, 0.15) is 22.8 Å². The molecule has 2 N–H and O–H groups in total. The summed E-state index contributed by atoms with van der Waals surface area (Å²) in [4.78, 5) is 27.6. The van der Waals surface area contributed by atoms with Crippen LogP contribution in [0.25, 0.3) is 10.2 Å². The van der Waals surface area contributed by atoms with Gasteiger partial charge in [-0.25, -0.2) is 4.98 Å².